The first-order valence-electron chi connectivity index (χ1n) is 7.01. The maximum atomic E-state index is 13.0. The Kier molecular flexibility index (Phi) is 5.19. The van der Waals surface area contributed by atoms with Gasteiger partial charge in [0.25, 0.3) is 11.6 Å². The normalized spacial score (nSPS) is 10.7. The van der Waals surface area contributed by atoms with E-state index in [-0.39, 0.29) is 17.4 Å². The number of nitrogens with zero attached hydrogens (tertiary/aromatic N) is 2. The van der Waals surface area contributed by atoms with Gasteiger partial charge in [-0.25, -0.2) is 4.39 Å². The van der Waals surface area contributed by atoms with Crippen molar-refractivity contribution in [3.63, 3.8) is 0 Å². The van der Waals surface area contributed by atoms with Crippen LogP contribution in [-0.4, -0.2) is 17.4 Å². The Morgan fingerprint density at radius 1 is 1.22 bits per heavy atom. The molecule has 23 heavy (non-hydrogen) atoms. The van der Waals surface area contributed by atoms with Crippen LogP contribution in [0.5, 0.6) is 0 Å². The minimum absolute atomic E-state index is 0.0682. The first kappa shape index (κ1) is 16.4. The average molecular weight is 314 g/mol. The minimum Gasteiger partial charge on any atom is -0.309 e. The number of anilines is 1. The van der Waals surface area contributed by atoms with Crippen LogP contribution in [0.2, 0.25) is 0 Å². The van der Waals surface area contributed by atoms with Gasteiger partial charge < -0.3 is 4.90 Å². The Morgan fingerprint density at radius 3 is 2.48 bits per heavy atom. The van der Waals surface area contributed by atoms with E-state index in [4.69, 9.17) is 0 Å². The van der Waals surface area contributed by atoms with E-state index in [2.05, 4.69) is 0 Å². The molecule has 2 rings (SSSR count). The summed E-state index contributed by atoms with van der Waals surface area (Å²) in [5.41, 5.74) is 0.841. The number of rotatable bonds is 5. The van der Waals surface area contributed by atoms with Crippen LogP contribution in [0.1, 0.15) is 12.5 Å². The molecule has 0 atom stereocenters. The molecular formula is C17H15FN2O3. The van der Waals surface area contributed by atoms with Gasteiger partial charge in [0, 0.05) is 24.4 Å². The second-order valence-corrected chi connectivity index (χ2v) is 4.71. The SMILES string of the molecule is CCN(C(=O)/C=C/c1ccccc1[N+](=O)[O-])c1ccc(F)cc1. The molecule has 0 aliphatic heterocycles. The van der Waals surface area contributed by atoms with Gasteiger partial charge in [-0.15, -0.1) is 0 Å². The number of amides is 1. The number of carbonyl (C=O) groups is 1. The molecule has 2 aromatic carbocycles. The summed E-state index contributed by atoms with van der Waals surface area (Å²) in [5, 5.41) is 11.0. The quantitative estimate of drug-likeness (QED) is 0.479. The fourth-order valence-corrected chi connectivity index (χ4v) is 2.13. The zero-order valence-electron chi connectivity index (χ0n) is 12.5. The van der Waals surface area contributed by atoms with Gasteiger partial charge in [0.1, 0.15) is 5.82 Å². The van der Waals surface area contributed by atoms with E-state index in [1.807, 2.05) is 0 Å². The lowest BCUT2D eigenvalue weighted by Crippen LogP contribution is -2.28. The number of nitro groups is 1. The second-order valence-electron chi connectivity index (χ2n) is 4.71. The molecule has 0 unspecified atom stereocenters. The molecule has 0 spiro atoms. The van der Waals surface area contributed by atoms with E-state index in [0.717, 1.165) is 0 Å². The van der Waals surface area contributed by atoms with Crippen molar-refractivity contribution in [2.75, 3.05) is 11.4 Å². The summed E-state index contributed by atoms with van der Waals surface area (Å²) in [7, 11) is 0. The Morgan fingerprint density at radius 2 is 1.87 bits per heavy atom. The van der Waals surface area contributed by atoms with Crippen molar-refractivity contribution in [3.05, 3.63) is 76.1 Å². The van der Waals surface area contributed by atoms with Crippen molar-refractivity contribution in [1.29, 1.82) is 0 Å². The molecule has 1 amide bonds. The van der Waals surface area contributed by atoms with Gasteiger partial charge in [0.05, 0.1) is 10.5 Å². The van der Waals surface area contributed by atoms with E-state index in [0.29, 0.717) is 17.8 Å². The molecule has 118 valence electrons. The van der Waals surface area contributed by atoms with Crippen molar-refractivity contribution in [3.8, 4) is 0 Å². The number of halogens is 1. The van der Waals surface area contributed by atoms with Crippen molar-refractivity contribution < 1.29 is 14.1 Å². The van der Waals surface area contributed by atoms with E-state index >= 15 is 0 Å². The highest BCUT2D eigenvalue weighted by atomic mass is 19.1. The molecule has 0 aliphatic rings. The molecule has 0 bridgehead atoms. The molecular weight excluding hydrogens is 299 g/mol. The number of hydrogen-bond acceptors (Lipinski definition) is 3. The molecule has 0 aromatic heterocycles. The van der Waals surface area contributed by atoms with Crippen LogP contribution in [0.3, 0.4) is 0 Å². The van der Waals surface area contributed by atoms with Gasteiger partial charge in [-0.2, -0.15) is 0 Å². The van der Waals surface area contributed by atoms with Crippen LogP contribution in [0.15, 0.2) is 54.6 Å². The fraction of sp³-hybridized carbons (Fsp3) is 0.118. The predicted octanol–water partition coefficient (Wildman–Crippen LogP) is 3.80. The molecule has 6 heteroatoms. The standard InChI is InChI=1S/C17H15FN2O3/c1-2-19(15-10-8-14(18)9-11-15)17(21)12-7-13-5-3-4-6-16(13)20(22)23/h3-12H,2H2,1H3/b12-7+. The minimum atomic E-state index is -0.498. The van der Waals surface area contributed by atoms with Crippen LogP contribution in [-0.2, 0) is 4.79 Å². The van der Waals surface area contributed by atoms with Gasteiger partial charge in [0.2, 0.25) is 0 Å². The van der Waals surface area contributed by atoms with Gasteiger partial charge in [0.15, 0.2) is 0 Å². The van der Waals surface area contributed by atoms with Crippen LogP contribution in [0.4, 0.5) is 15.8 Å². The lowest BCUT2D eigenvalue weighted by atomic mass is 10.1. The van der Waals surface area contributed by atoms with Crippen molar-refractivity contribution in [2.45, 2.75) is 6.92 Å². The topological polar surface area (TPSA) is 63.5 Å². The van der Waals surface area contributed by atoms with Gasteiger partial charge in [-0.1, -0.05) is 12.1 Å². The smallest absolute Gasteiger partial charge is 0.276 e. The third-order valence-electron chi connectivity index (χ3n) is 3.26. The highest BCUT2D eigenvalue weighted by Crippen LogP contribution is 2.20. The number of likely N-dealkylation sites (N-methyl/N-ethyl adjacent to an activating group) is 1. The Balaban J connectivity index is 2.23. The van der Waals surface area contributed by atoms with E-state index in [1.165, 1.54) is 47.4 Å². The molecule has 0 radical (unpaired) electrons. The van der Waals surface area contributed by atoms with Crippen molar-refractivity contribution in [2.24, 2.45) is 0 Å². The molecule has 2 aromatic rings. The van der Waals surface area contributed by atoms with E-state index in [9.17, 15) is 19.3 Å². The Bertz CT molecular complexity index is 742. The summed E-state index contributed by atoms with van der Waals surface area (Å²) in [5.74, 6) is -0.718. The summed E-state index contributed by atoms with van der Waals surface area (Å²) in [6.45, 7) is 2.19. The average Bonchev–Trinajstić information content (AvgIpc) is 2.55. The predicted molar refractivity (Wildman–Crippen MR) is 86.6 cm³/mol. The van der Waals surface area contributed by atoms with Gasteiger partial charge in [-0.3, -0.25) is 14.9 Å². The number of carbonyl (C=O) groups excluding carboxylic acids is 1. The lowest BCUT2D eigenvalue weighted by molar-refractivity contribution is -0.385. The van der Waals surface area contributed by atoms with Crippen LogP contribution in [0, 0.1) is 15.9 Å². The third kappa shape index (κ3) is 4.00. The number of para-hydroxylation sites is 1. The summed E-state index contributed by atoms with van der Waals surface area (Å²) in [6.07, 6.45) is 2.68. The van der Waals surface area contributed by atoms with E-state index < -0.39 is 4.92 Å². The monoisotopic (exact) mass is 314 g/mol. The number of benzene rings is 2. The van der Waals surface area contributed by atoms with Gasteiger partial charge in [-0.05, 0) is 43.3 Å². The summed E-state index contributed by atoms with van der Waals surface area (Å²) >= 11 is 0. The molecule has 0 aliphatic carbocycles. The molecule has 0 fully saturated rings. The summed E-state index contributed by atoms with van der Waals surface area (Å²) in [4.78, 5) is 24.2. The van der Waals surface area contributed by atoms with Crippen molar-refractivity contribution >= 4 is 23.4 Å². The van der Waals surface area contributed by atoms with Gasteiger partial charge >= 0.3 is 0 Å². The lowest BCUT2D eigenvalue weighted by Gasteiger charge is -2.19. The number of hydrogen-bond donors (Lipinski definition) is 0. The fourth-order valence-electron chi connectivity index (χ4n) is 2.13. The molecule has 0 N–H and O–H groups in total. The summed E-state index contributed by atoms with van der Waals surface area (Å²) in [6, 6.07) is 11.7. The largest absolute Gasteiger partial charge is 0.309 e. The first-order valence-corrected chi connectivity index (χ1v) is 7.01. The Labute approximate surface area is 132 Å². The first-order chi connectivity index (χ1) is 11.0. The maximum Gasteiger partial charge on any atom is 0.276 e. The third-order valence-corrected chi connectivity index (χ3v) is 3.26. The zero-order valence-corrected chi connectivity index (χ0v) is 12.5. The molecule has 5 nitrogen and oxygen atoms in total. The van der Waals surface area contributed by atoms with Crippen molar-refractivity contribution in [1.82, 2.24) is 0 Å². The summed E-state index contributed by atoms with van der Waals surface area (Å²) < 4.78 is 13.0. The van der Waals surface area contributed by atoms with E-state index in [1.54, 1.807) is 25.1 Å². The molecule has 0 saturated carbocycles. The Hall–Kier alpha value is -3.02. The van der Waals surface area contributed by atoms with Crippen LogP contribution < -0.4 is 4.90 Å². The molecule has 0 heterocycles. The molecule has 0 saturated heterocycles. The van der Waals surface area contributed by atoms with Crippen LogP contribution in [0.25, 0.3) is 6.08 Å². The maximum absolute atomic E-state index is 13.0. The highest BCUT2D eigenvalue weighted by Gasteiger charge is 2.13. The number of nitro benzene ring substituents is 1. The zero-order chi connectivity index (χ0) is 16.8. The second kappa shape index (κ2) is 7.31. The highest BCUT2D eigenvalue weighted by molar-refractivity contribution is 6.04. The van der Waals surface area contributed by atoms with Crippen LogP contribution >= 0.6 is 0 Å².